The minimum Gasteiger partial charge on any atom is -0.496 e. The zero-order valence-corrected chi connectivity index (χ0v) is 27.0. The summed E-state index contributed by atoms with van der Waals surface area (Å²) in [7, 11) is -1.25. The molecule has 2 amide bonds. The predicted molar refractivity (Wildman–Crippen MR) is 168 cm³/mol. The predicted octanol–water partition coefficient (Wildman–Crippen LogP) is 4.66. The summed E-state index contributed by atoms with van der Waals surface area (Å²) >= 11 is 1.15. The molecule has 0 fully saturated rings. The van der Waals surface area contributed by atoms with Crippen molar-refractivity contribution in [2.75, 3.05) is 25.7 Å². The van der Waals surface area contributed by atoms with Crippen LogP contribution in [0.4, 0.5) is 5.13 Å². The monoisotopic (exact) mass is 639 g/mol. The Morgan fingerprint density at radius 1 is 1.05 bits per heavy atom. The van der Waals surface area contributed by atoms with E-state index in [0.29, 0.717) is 12.2 Å². The fraction of sp³-hybridized carbons (Fsp3) is 0.355. The van der Waals surface area contributed by atoms with Gasteiger partial charge in [0.05, 0.1) is 18.6 Å². The lowest BCUT2D eigenvalue weighted by Crippen LogP contribution is -2.64. The number of nitrogens with one attached hydrogen (secondary N) is 1. The van der Waals surface area contributed by atoms with Crippen molar-refractivity contribution >= 4 is 38.3 Å². The van der Waals surface area contributed by atoms with Crippen molar-refractivity contribution in [2.24, 2.45) is 0 Å². The fourth-order valence-electron chi connectivity index (χ4n) is 4.96. The van der Waals surface area contributed by atoms with Gasteiger partial charge in [-0.15, -0.1) is 11.3 Å². The number of methoxy groups -OCH3 is 2. The number of ether oxygens (including phenoxy) is 2. The number of hydrogen-bond donors (Lipinski definition) is 1. The minimum absolute atomic E-state index is 0.0272. The summed E-state index contributed by atoms with van der Waals surface area (Å²) in [5, 5.41) is 6.21. The number of anilines is 1. The summed E-state index contributed by atoms with van der Waals surface area (Å²) in [6, 6.07) is 14.4. The molecule has 2 aromatic heterocycles. The summed E-state index contributed by atoms with van der Waals surface area (Å²) in [5.74, 6) is -0.957. The quantitative estimate of drug-likeness (QED) is 0.209. The first-order chi connectivity index (χ1) is 20.9. The van der Waals surface area contributed by atoms with Gasteiger partial charge in [0.15, 0.2) is 5.13 Å². The van der Waals surface area contributed by atoms with Crippen molar-refractivity contribution < 1.29 is 27.5 Å². The van der Waals surface area contributed by atoms with E-state index in [4.69, 9.17) is 9.47 Å². The Balaban J connectivity index is 1.92. The average molecular weight is 640 g/mol. The van der Waals surface area contributed by atoms with Crippen LogP contribution < -0.4 is 14.4 Å². The van der Waals surface area contributed by atoms with Gasteiger partial charge in [-0.05, 0) is 54.2 Å². The molecule has 11 nitrogen and oxygen atoms in total. The molecule has 13 heteroatoms. The number of aromatic nitrogens is 3. The molecule has 234 valence electrons. The van der Waals surface area contributed by atoms with Gasteiger partial charge in [0.25, 0.3) is 21.8 Å². The smallest absolute Gasteiger partial charge is 0.264 e. The molecule has 2 aromatic carbocycles. The molecule has 0 spiro atoms. The third-order valence-electron chi connectivity index (χ3n) is 7.12. The van der Waals surface area contributed by atoms with E-state index >= 15 is 0 Å². The first-order valence-corrected chi connectivity index (χ1v) is 16.3. The molecule has 0 saturated heterocycles. The summed E-state index contributed by atoms with van der Waals surface area (Å²) < 4.78 is 41.7. The Labute approximate surface area is 261 Å². The fourth-order valence-corrected chi connectivity index (χ4v) is 6.75. The number of amides is 2. The van der Waals surface area contributed by atoms with E-state index in [0.717, 1.165) is 16.9 Å². The molecule has 0 aliphatic carbocycles. The van der Waals surface area contributed by atoms with E-state index in [9.17, 15) is 18.0 Å². The standard InChI is InChI=1S/C31H37N5O6S2/c1-30(2,3)25-14-13-23(21-26(25)42-5)27(37)36(29-32-17-20-43-29)31(15-9-19-41-4,22-35-18-10-16-33-35)28(38)34-44(39,40)24-11-7-6-8-12-24/h6-8,10-14,16-18,20-21H,9,15,19,22H2,1-5H3,(H,34,38). The van der Waals surface area contributed by atoms with Gasteiger partial charge in [0.1, 0.15) is 11.3 Å². The molecule has 1 atom stereocenters. The van der Waals surface area contributed by atoms with Gasteiger partial charge in [-0.1, -0.05) is 45.0 Å². The highest BCUT2D eigenvalue weighted by Gasteiger charge is 2.50. The van der Waals surface area contributed by atoms with Crippen molar-refractivity contribution in [2.45, 2.75) is 56.0 Å². The molecule has 0 bridgehead atoms. The number of hydrogen-bond acceptors (Lipinski definition) is 9. The lowest BCUT2D eigenvalue weighted by molar-refractivity contribution is -0.125. The highest BCUT2D eigenvalue weighted by Crippen LogP contribution is 2.37. The molecule has 1 unspecified atom stereocenters. The number of benzene rings is 2. The van der Waals surface area contributed by atoms with Crippen LogP contribution in [-0.2, 0) is 31.5 Å². The molecule has 2 heterocycles. The van der Waals surface area contributed by atoms with Gasteiger partial charge >= 0.3 is 0 Å². The first kappa shape index (κ1) is 32.8. The van der Waals surface area contributed by atoms with Crippen molar-refractivity contribution in [3.05, 3.63) is 89.7 Å². The van der Waals surface area contributed by atoms with Gasteiger partial charge in [0, 0.05) is 43.3 Å². The Kier molecular flexibility index (Phi) is 10.2. The van der Waals surface area contributed by atoms with Crippen molar-refractivity contribution in [3.8, 4) is 5.75 Å². The Bertz CT molecular complexity index is 1650. The number of carbonyl (C=O) groups excluding carboxylic acids is 2. The molecule has 44 heavy (non-hydrogen) atoms. The molecule has 0 aliphatic heterocycles. The van der Waals surface area contributed by atoms with Crippen LogP contribution in [0.1, 0.15) is 49.5 Å². The van der Waals surface area contributed by atoms with E-state index in [-0.39, 0.29) is 40.6 Å². The lowest BCUT2D eigenvalue weighted by Gasteiger charge is -2.41. The van der Waals surface area contributed by atoms with Crippen LogP contribution in [0.5, 0.6) is 5.75 Å². The Morgan fingerprint density at radius 2 is 1.80 bits per heavy atom. The molecule has 0 radical (unpaired) electrons. The molecule has 4 rings (SSSR count). The molecular weight excluding hydrogens is 603 g/mol. The summed E-state index contributed by atoms with van der Waals surface area (Å²) in [5.41, 5.74) is -0.943. The second-order valence-corrected chi connectivity index (χ2v) is 13.8. The number of carbonyl (C=O) groups is 2. The second-order valence-electron chi connectivity index (χ2n) is 11.2. The third kappa shape index (κ3) is 7.17. The number of thiazole rings is 1. The van der Waals surface area contributed by atoms with Crippen LogP contribution in [-0.4, -0.2) is 61.4 Å². The van der Waals surface area contributed by atoms with Gasteiger partial charge in [0.2, 0.25) is 0 Å². The average Bonchev–Trinajstić information content (AvgIpc) is 3.71. The largest absolute Gasteiger partial charge is 0.496 e. The van der Waals surface area contributed by atoms with E-state index in [2.05, 4.69) is 14.8 Å². The van der Waals surface area contributed by atoms with Crippen LogP contribution in [0.15, 0.2) is 83.5 Å². The molecule has 0 saturated carbocycles. The van der Waals surface area contributed by atoms with Gasteiger partial charge in [-0.25, -0.2) is 18.1 Å². The maximum absolute atomic E-state index is 14.7. The van der Waals surface area contributed by atoms with Crippen LogP contribution in [0, 0.1) is 0 Å². The Morgan fingerprint density at radius 3 is 2.39 bits per heavy atom. The zero-order valence-electron chi connectivity index (χ0n) is 25.4. The topological polar surface area (TPSA) is 133 Å². The molecular formula is C31H37N5O6S2. The molecule has 0 aliphatic rings. The molecule has 4 aromatic rings. The van der Waals surface area contributed by atoms with E-state index in [1.165, 1.54) is 42.1 Å². The van der Waals surface area contributed by atoms with Gasteiger partial charge in [-0.3, -0.25) is 19.2 Å². The summed E-state index contributed by atoms with van der Waals surface area (Å²) in [6.07, 6.45) is 5.06. The highest BCUT2D eigenvalue weighted by molar-refractivity contribution is 7.90. The summed E-state index contributed by atoms with van der Waals surface area (Å²) in [6.45, 7) is 6.21. The normalized spacial score (nSPS) is 13.2. The maximum atomic E-state index is 14.7. The molecule has 1 N–H and O–H groups in total. The van der Waals surface area contributed by atoms with Gasteiger partial charge in [-0.2, -0.15) is 5.10 Å². The number of sulfonamides is 1. The van der Waals surface area contributed by atoms with E-state index in [1.54, 1.807) is 54.2 Å². The zero-order chi connectivity index (χ0) is 32.0. The van der Waals surface area contributed by atoms with E-state index < -0.39 is 27.4 Å². The third-order valence-corrected chi connectivity index (χ3v) is 9.23. The Hall–Kier alpha value is -4.07. The minimum atomic E-state index is -4.31. The number of nitrogens with zero attached hydrogens (tertiary/aromatic N) is 4. The van der Waals surface area contributed by atoms with Crippen LogP contribution in [0.3, 0.4) is 0 Å². The lowest BCUT2D eigenvalue weighted by atomic mass is 9.85. The van der Waals surface area contributed by atoms with Gasteiger partial charge < -0.3 is 9.47 Å². The second kappa shape index (κ2) is 13.7. The van der Waals surface area contributed by atoms with Crippen LogP contribution >= 0.6 is 11.3 Å². The van der Waals surface area contributed by atoms with Crippen molar-refractivity contribution in [3.63, 3.8) is 0 Å². The van der Waals surface area contributed by atoms with Crippen molar-refractivity contribution in [1.82, 2.24) is 19.5 Å². The number of rotatable bonds is 13. The SMILES string of the molecule is COCCCC(Cn1cccn1)(C(=O)NS(=O)(=O)c1ccccc1)N(C(=O)c1ccc(C(C)(C)C)c(OC)c1)c1nccs1. The van der Waals surface area contributed by atoms with Crippen molar-refractivity contribution in [1.29, 1.82) is 0 Å². The first-order valence-electron chi connectivity index (χ1n) is 13.9. The van der Waals surface area contributed by atoms with Crippen LogP contribution in [0.25, 0.3) is 0 Å². The van der Waals surface area contributed by atoms with Crippen LogP contribution in [0.2, 0.25) is 0 Å². The highest BCUT2D eigenvalue weighted by atomic mass is 32.2. The van der Waals surface area contributed by atoms with E-state index in [1.807, 2.05) is 26.8 Å². The summed E-state index contributed by atoms with van der Waals surface area (Å²) in [4.78, 5) is 34.8. The maximum Gasteiger partial charge on any atom is 0.264 e.